The minimum absolute atomic E-state index is 0.580. The van der Waals surface area contributed by atoms with Gasteiger partial charge in [0.2, 0.25) is 5.88 Å². The maximum Gasteiger partial charge on any atom is 0.223 e. The second-order valence-corrected chi connectivity index (χ2v) is 5.78. The minimum Gasteiger partial charge on any atom is -0.437 e. The Balaban J connectivity index is 2.08. The number of alkyl halides is 1. The molecule has 21 heavy (non-hydrogen) atoms. The molecule has 106 valence electrons. The first-order valence-electron chi connectivity index (χ1n) is 6.56. The summed E-state index contributed by atoms with van der Waals surface area (Å²) in [5.41, 5.74) is 2.99. The number of nitrogens with zero attached hydrogens (tertiary/aromatic N) is 1. The number of aryl methyl sites for hydroxylation is 1. The lowest BCUT2D eigenvalue weighted by molar-refractivity contribution is 0.460. The molecule has 4 heteroatoms. The normalized spacial score (nSPS) is 10.8. The largest absolute Gasteiger partial charge is 0.437 e. The lowest BCUT2D eigenvalue weighted by atomic mass is 10.1. The summed E-state index contributed by atoms with van der Waals surface area (Å²) >= 11 is 9.68. The number of benzene rings is 2. The van der Waals surface area contributed by atoms with Crippen LogP contribution in [0.1, 0.15) is 11.1 Å². The number of rotatable bonds is 3. The second kappa shape index (κ2) is 6.04. The van der Waals surface area contributed by atoms with Gasteiger partial charge in [0.15, 0.2) is 0 Å². The topological polar surface area (TPSA) is 22.1 Å². The molecule has 0 spiro atoms. The molecule has 2 nitrogen and oxygen atoms in total. The van der Waals surface area contributed by atoms with Crippen LogP contribution in [0.5, 0.6) is 11.6 Å². The first kappa shape index (κ1) is 14.4. The molecule has 0 N–H and O–H groups in total. The van der Waals surface area contributed by atoms with Gasteiger partial charge in [-0.2, -0.15) is 0 Å². The van der Waals surface area contributed by atoms with Crippen molar-refractivity contribution in [3.63, 3.8) is 0 Å². The van der Waals surface area contributed by atoms with Crippen molar-refractivity contribution in [3.05, 3.63) is 64.7 Å². The van der Waals surface area contributed by atoms with E-state index in [1.54, 1.807) is 0 Å². The number of hydrogen-bond donors (Lipinski definition) is 0. The molecule has 3 aromatic rings. The van der Waals surface area contributed by atoms with Crippen LogP contribution in [0.2, 0.25) is 5.02 Å². The zero-order chi connectivity index (χ0) is 14.8. The Morgan fingerprint density at radius 3 is 2.76 bits per heavy atom. The number of halogens is 2. The molecule has 0 fully saturated rings. The highest BCUT2D eigenvalue weighted by atomic mass is 79.9. The molecule has 0 saturated heterocycles. The van der Waals surface area contributed by atoms with Gasteiger partial charge in [0.1, 0.15) is 5.75 Å². The summed E-state index contributed by atoms with van der Waals surface area (Å²) in [4.78, 5) is 4.60. The van der Waals surface area contributed by atoms with E-state index in [1.807, 2.05) is 49.4 Å². The zero-order valence-corrected chi connectivity index (χ0v) is 13.8. The van der Waals surface area contributed by atoms with Gasteiger partial charge in [-0.3, -0.25) is 0 Å². The molecule has 0 bridgehead atoms. The first-order valence-corrected chi connectivity index (χ1v) is 8.06. The number of fused-ring (bicyclic) bond motifs is 1. The van der Waals surface area contributed by atoms with E-state index in [2.05, 4.69) is 27.0 Å². The van der Waals surface area contributed by atoms with E-state index in [-0.39, 0.29) is 0 Å². The molecule has 0 saturated carbocycles. The molecule has 0 aliphatic carbocycles. The molecular weight excluding hydrogens is 350 g/mol. The fourth-order valence-corrected chi connectivity index (χ4v) is 2.68. The minimum atomic E-state index is 0.580. The SMILES string of the molecule is Cc1ccc(Cl)c(Oc2nc3ccccc3cc2CBr)c1. The summed E-state index contributed by atoms with van der Waals surface area (Å²) in [6.07, 6.45) is 0. The average molecular weight is 363 g/mol. The van der Waals surface area contributed by atoms with Crippen molar-refractivity contribution in [2.75, 3.05) is 0 Å². The van der Waals surface area contributed by atoms with Gasteiger partial charge < -0.3 is 4.74 Å². The zero-order valence-electron chi connectivity index (χ0n) is 11.4. The molecular formula is C17H13BrClNO. The fourth-order valence-electron chi connectivity index (χ4n) is 2.12. The first-order chi connectivity index (χ1) is 10.2. The maximum absolute atomic E-state index is 6.20. The van der Waals surface area contributed by atoms with Crippen molar-refractivity contribution in [2.45, 2.75) is 12.3 Å². The fraction of sp³-hybridized carbons (Fsp3) is 0.118. The molecule has 0 radical (unpaired) electrons. The van der Waals surface area contributed by atoms with Crippen molar-refractivity contribution < 1.29 is 4.74 Å². The van der Waals surface area contributed by atoms with Crippen LogP contribution in [0.25, 0.3) is 10.9 Å². The van der Waals surface area contributed by atoms with Crippen LogP contribution < -0.4 is 4.74 Å². The predicted octanol–water partition coefficient (Wildman–Crippen LogP) is 5.88. The van der Waals surface area contributed by atoms with E-state index in [1.165, 1.54) is 0 Å². The van der Waals surface area contributed by atoms with Crippen molar-refractivity contribution in [3.8, 4) is 11.6 Å². The van der Waals surface area contributed by atoms with E-state index >= 15 is 0 Å². The Bertz CT molecular complexity index is 804. The van der Waals surface area contributed by atoms with Crippen molar-refractivity contribution in [1.29, 1.82) is 0 Å². The molecule has 2 aromatic carbocycles. The lowest BCUT2D eigenvalue weighted by Crippen LogP contribution is -1.95. The van der Waals surface area contributed by atoms with Gasteiger partial charge in [-0.1, -0.05) is 51.8 Å². The smallest absolute Gasteiger partial charge is 0.223 e. The van der Waals surface area contributed by atoms with Crippen LogP contribution in [0.15, 0.2) is 48.5 Å². The summed E-state index contributed by atoms with van der Waals surface area (Å²) in [5, 5.41) is 2.34. The molecule has 0 atom stereocenters. The molecule has 0 aliphatic heterocycles. The van der Waals surface area contributed by atoms with Crippen molar-refractivity contribution >= 4 is 38.4 Å². The average Bonchev–Trinajstić information content (AvgIpc) is 2.50. The lowest BCUT2D eigenvalue weighted by Gasteiger charge is -2.12. The monoisotopic (exact) mass is 361 g/mol. The molecule has 0 amide bonds. The second-order valence-electron chi connectivity index (χ2n) is 4.81. The summed E-state index contributed by atoms with van der Waals surface area (Å²) in [6.45, 7) is 2.00. The van der Waals surface area contributed by atoms with Crippen LogP contribution in [0.4, 0.5) is 0 Å². The van der Waals surface area contributed by atoms with Gasteiger partial charge in [0, 0.05) is 16.3 Å². The van der Waals surface area contributed by atoms with Gasteiger partial charge in [0.05, 0.1) is 10.5 Å². The Labute approximate surface area is 136 Å². The molecule has 0 unspecified atom stereocenters. The van der Waals surface area contributed by atoms with E-state index in [9.17, 15) is 0 Å². The number of pyridine rings is 1. The summed E-state index contributed by atoms with van der Waals surface area (Å²) in [5.74, 6) is 1.21. The van der Waals surface area contributed by atoms with Gasteiger partial charge in [-0.25, -0.2) is 4.98 Å². The highest BCUT2D eigenvalue weighted by Gasteiger charge is 2.10. The van der Waals surface area contributed by atoms with Crippen molar-refractivity contribution in [1.82, 2.24) is 4.98 Å². The highest BCUT2D eigenvalue weighted by molar-refractivity contribution is 9.08. The van der Waals surface area contributed by atoms with E-state index < -0.39 is 0 Å². The summed E-state index contributed by atoms with van der Waals surface area (Å²) < 4.78 is 5.95. The van der Waals surface area contributed by atoms with Crippen LogP contribution in [-0.2, 0) is 5.33 Å². The third-order valence-electron chi connectivity index (χ3n) is 3.20. The standard InChI is InChI=1S/C17H13BrClNO/c1-11-6-7-14(19)16(8-11)21-17-13(10-18)9-12-4-2-3-5-15(12)20-17/h2-9H,10H2,1H3. The van der Waals surface area contributed by atoms with E-state index in [0.717, 1.165) is 22.0 Å². The Morgan fingerprint density at radius 1 is 1.14 bits per heavy atom. The Morgan fingerprint density at radius 2 is 1.95 bits per heavy atom. The number of para-hydroxylation sites is 1. The van der Waals surface area contributed by atoms with Crippen LogP contribution in [0.3, 0.4) is 0 Å². The van der Waals surface area contributed by atoms with Crippen molar-refractivity contribution in [2.24, 2.45) is 0 Å². The predicted molar refractivity (Wildman–Crippen MR) is 90.6 cm³/mol. The number of hydrogen-bond acceptors (Lipinski definition) is 2. The molecule has 1 heterocycles. The molecule has 3 rings (SSSR count). The van der Waals surface area contributed by atoms with Gasteiger partial charge >= 0.3 is 0 Å². The van der Waals surface area contributed by atoms with E-state index in [0.29, 0.717) is 22.0 Å². The van der Waals surface area contributed by atoms with Crippen LogP contribution in [0, 0.1) is 6.92 Å². The summed E-state index contributed by atoms with van der Waals surface area (Å²) in [6, 6.07) is 15.8. The van der Waals surface area contributed by atoms with Gasteiger partial charge in [-0.15, -0.1) is 0 Å². The molecule has 0 aliphatic rings. The highest BCUT2D eigenvalue weighted by Crippen LogP contribution is 2.33. The van der Waals surface area contributed by atoms with E-state index in [4.69, 9.17) is 16.3 Å². The van der Waals surface area contributed by atoms with Gasteiger partial charge in [0.25, 0.3) is 0 Å². The third kappa shape index (κ3) is 3.04. The van der Waals surface area contributed by atoms with Crippen LogP contribution in [-0.4, -0.2) is 4.98 Å². The van der Waals surface area contributed by atoms with Gasteiger partial charge in [-0.05, 0) is 36.8 Å². The quantitative estimate of drug-likeness (QED) is 0.542. The van der Waals surface area contributed by atoms with Crippen LogP contribution >= 0.6 is 27.5 Å². The summed E-state index contributed by atoms with van der Waals surface area (Å²) in [7, 11) is 0. The maximum atomic E-state index is 6.20. The number of ether oxygens (including phenoxy) is 1. The Hall–Kier alpha value is -1.58. The Kier molecular flexibility index (Phi) is 4.13. The number of aromatic nitrogens is 1. The molecule has 1 aromatic heterocycles. The third-order valence-corrected chi connectivity index (χ3v) is 4.12.